The first-order valence-electron chi connectivity index (χ1n) is 10.5. The monoisotopic (exact) mass is 445 g/mol. The topological polar surface area (TPSA) is 78.9 Å². The van der Waals surface area contributed by atoms with E-state index in [9.17, 15) is 13.2 Å². The largest absolute Gasteiger partial charge is 0.496 e. The van der Waals surface area contributed by atoms with Gasteiger partial charge in [0.2, 0.25) is 10.0 Å². The van der Waals surface area contributed by atoms with Crippen molar-refractivity contribution in [1.82, 2.24) is 9.62 Å². The minimum Gasteiger partial charge on any atom is -0.496 e. The summed E-state index contributed by atoms with van der Waals surface area (Å²) in [5, 5.41) is 3.02. The zero-order chi connectivity index (χ0) is 22.6. The van der Waals surface area contributed by atoms with Crippen molar-refractivity contribution in [2.45, 2.75) is 37.1 Å². The highest BCUT2D eigenvalue weighted by atomic mass is 32.2. The zero-order valence-corrected chi connectivity index (χ0v) is 19.4. The van der Waals surface area contributed by atoms with Crippen LogP contribution in [0.4, 0.5) is 5.69 Å². The molecule has 2 aromatic carbocycles. The Morgan fingerprint density at radius 1 is 1.10 bits per heavy atom. The quantitative estimate of drug-likeness (QED) is 0.706. The fourth-order valence-corrected chi connectivity index (χ4v) is 4.78. The van der Waals surface area contributed by atoms with Crippen LogP contribution in [0.2, 0.25) is 0 Å². The Kier molecular flexibility index (Phi) is 7.23. The van der Waals surface area contributed by atoms with Gasteiger partial charge in [0.05, 0.1) is 23.6 Å². The van der Waals surface area contributed by atoms with Crippen LogP contribution in [-0.2, 0) is 10.0 Å². The van der Waals surface area contributed by atoms with E-state index in [1.807, 2.05) is 31.2 Å². The molecule has 31 heavy (non-hydrogen) atoms. The third kappa shape index (κ3) is 5.02. The van der Waals surface area contributed by atoms with E-state index < -0.39 is 10.0 Å². The van der Waals surface area contributed by atoms with Gasteiger partial charge in [-0.15, -0.1) is 0 Å². The molecule has 1 saturated heterocycles. The summed E-state index contributed by atoms with van der Waals surface area (Å²) >= 11 is 0. The fourth-order valence-electron chi connectivity index (χ4n) is 3.86. The molecule has 1 aliphatic heterocycles. The first-order valence-corrected chi connectivity index (χ1v) is 11.9. The van der Waals surface area contributed by atoms with E-state index in [0.29, 0.717) is 11.3 Å². The third-order valence-corrected chi connectivity index (χ3v) is 7.45. The molecule has 0 bridgehead atoms. The number of sulfonamides is 1. The molecule has 1 aliphatic rings. The molecule has 1 fully saturated rings. The molecule has 1 unspecified atom stereocenters. The van der Waals surface area contributed by atoms with Gasteiger partial charge in [-0.1, -0.05) is 18.2 Å². The van der Waals surface area contributed by atoms with Gasteiger partial charge in [-0.25, -0.2) is 12.7 Å². The number of hydrogen-bond acceptors (Lipinski definition) is 5. The number of methoxy groups -OCH3 is 1. The molecule has 0 aromatic heterocycles. The smallest absolute Gasteiger partial charge is 0.253 e. The molecule has 1 amide bonds. The number of anilines is 1. The molecule has 3 rings (SSSR count). The van der Waals surface area contributed by atoms with Gasteiger partial charge in [0, 0.05) is 38.4 Å². The van der Waals surface area contributed by atoms with Crippen LogP contribution in [-0.4, -0.2) is 52.9 Å². The van der Waals surface area contributed by atoms with Crippen LogP contribution in [0.3, 0.4) is 0 Å². The van der Waals surface area contributed by atoms with Gasteiger partial charge in [0.15, 0.2) is 0 Å². The van der Waals surface area contributed by atoms with Gasteiger partial charge >= 0.3 is 0 Å². The first kappa shape index (κ1) is 23.1. The lowest BCUT2D eigenvalue weighted by molar-refractivity contribution is 0.0939. The summed E-state index contributed by atoms with van der Waals surface area (Å²) in [7, 11) is 0.905. The number of carbonyl (C=O) groups excluding carboxylic acids is 1. The van der Waals surface area contributed by atoms with E-state index in [4.69, 9.17) is 4.74 Å². The average Bonchev–Trinajstić information content (AvgIpc) is 2.78. The number of carbonyl (C=O) groups is 1. The van der Waals surface area contributed by atoms with Crippen molar-refractivity contribution in [1.29, 1.82) is 0 Å². The SMILES string of the molecule is COc1ccccc1C(C)NC(=O)c1cc(S(=O)(=O)N(C)C)ccc1N1CCCCC1. The predicted octanol–water partition coefficient (Wildman–Crippen LogP) is 3.43. The highest BCUT2D eigenvalue weighted by molar-refractivity contribution is 7.89. The average molecular weight is 446 g/mol. The molecular weight excluding hydrogens is 414 g/mol. The second-order valence-corrected chi connectivity index (χ2v) is 10.1. The number of hydrogen-bond donors (Lipinski definition) is 1. The minimum atomic E-state index is -3.66. The molecule has 1 heterocycles. The van der Waals surface area contributed by atoms with Crippen molar-refractivity contribution in [3.8, 4) is 5.75 Å². The van der Waals surface area contributed by atoms with Crippen molar-refractivity contribution in [3.05, 3.63) is 53.6 Å². The molecule has 0 radical (unpaired) electrons. The number of ether oxygens (including phenoxy) is 1. The normalized spacial score (nSPS) is 15.6. The Labute approximate surface area is 185 Å². The van der Waals surface area contributed by atoms with Gasteiger partial charge in [0.25, 0.3) is 5.91 Å². The zero-order valence-electron chi connectivity index (χ0n) is 18.6. The van der Waals surface area contributed by atoms with E-state index in [-0.39, 0.29) is 16.8 Å². The van der Waals surface area contributed by atoms with Gasteiger partial charge in [0.1, 0.15) is 5.75 Å². The highest BCUT2D eigenvalue weighted by Crippen LogP contribution is 2.29. The Morgan fingerprint density at radius 2 is 1.77 bits per heavy atom. The highest BCUT2D eigenvalue weighted by Gasteiger charge is 2.25. The van der Waals surface area contributed by atoms with Crippen molar-refractivity contribution < 1.29 is 17.9 Å². The summed E-state index contributed by atoms with van der Waals surface area (Å²) < 4.78 is 31.9. The summed E-state index contributed by atoms with van der Waals surface area (Å²) in [5.41, 5.74) is 1.99. The van der Waals surface area contributed by atoms with E-state index in [2.05, 4.69) is 10.2 Å². The van der Waals surface area contributed by atoms with Gasteiger partial charge < -0.3 is 15.0 Å². The van der Waals surface area contributed by atoms with Crippen LogP contribution in [0.25, 0.3) is 0 Å². The molecule has 0 spiro atoms. The molecule has 1 atom stereocenters. The van der Waals surface area contributed by atoms with Crippen molar-refractivity contribution in [2.75, 3.05) is 39.2 Å². The number of amides is 1. The Morgan fingerprint density at radius 3 is 2.42 bits per heavy atom. The maximum Gasteiger partial charge on any atom is 0.253 e. The molecule has 2 aromatic rings. The second-order valence-electron chi connectivity index (χ2n) is 7.95. The van der Waals surface area contributed by atoms with Crippen molar-refractivity contribution >= 4 is 21.6 Å². The number of nitrogens with zero attached hydrogens (tertiary/aromatic N) is 2. The van der Waals surface area contributed by atoms with Gasteiger partial charge in [-0.05, 0) is 50.5 Å². The third-order valence-electron chi connectivity index (χ3n) is 5.64. The maximum absolute atomic E-state index is 13.4. The summed E-state index contributed by atoms with van der Waals surface area (Å²) in [5.74, 6) is 0.380. The van der Waals surface area contributed by atoms with Crippen LogP contribution in [0.5, 0.6) is 5.75 Å². The van der Waals surface area contributed by atoms with Gasteiger partial charge in [-0.2, -0.15) is 0 Å². The maximum atomic E-state index is 13.4. The Bertz CT molecular complexity index is 1030. The lowest BCUT2D eigenvalue weighted by Gasteiger charge is -2.31. The number of benzene rings is 2. The molecule has 7 nitrogen and oxygen atoms in total. The van der Waals surface area contributed by atoms with Crippen LogP contribution in [0, 0.1) is 0 Å². The van der Waals surface area contributed by atoms with E-state index in [1.165, 1.54) is 20.2 Å². The van der Waals surface area contributed by atoms with Crippen LogP contribution < -0.4 is 15.0 Å². The van der Waals surface area contributed by atoms with Crippen LogP contribution in [0.1, 0.15) is 48.1 Å². The molecule has 0 saturated carbocycles. The predicted molar refractivity (Wildman–Crippen MR) is 122 cm³/mol. The summed E-state index contributed by atoms with van der Waals surface area (Å²) in [4.78, 5) is 15.6. The van der Waals surface area contributed by atoms with Crippen molar-refractivity contribution in [3.63, 3.8) is 0 Å². The first-order chi connectivity index (χ1) is 14.8. The lowest BCUT2D eigenvalue weighted by atomic mass is 10.0. The van der Waals surface area contributed by atoms with E-state index in [0.717, 1.165) is 47.9 Å². The van der Waals surface area contributed by atoms with Crippen LogP contribution in [0.15, 0.2) is 47.4 Å². The second kappa shape index (κ2) is 9.70. The molecule has 1 N–H and O–H groups in total. The number of nitrogens with one attached hydrogen (secondary N) is 1. The molecule has 168 valence electrons. The van der Waals surface area contributed by atoms with Crippen molar-refractivity contribution in [2.24, 2.45) is 0 Å². The summed E-state index contributed by atoms with van der Waals surface area (Å²) in [6.45, 7) is 3.58. The molecule has 8 heteroatoms. The summed E-state index contributed by atoms with van der Waals surface area (Å²) in [6.07, 6.45) is 3.27. The summed E-state index contributed by atoms with van der Waals surface area (Å²) in [6, 6.07) is 12.0. The minimum absolute atomic E-state index is 0.105. The Balaban J connectivity index is 1.98. The molecular formula is C23H31N3O4S. The molecule has 0 aliphatic carbocycles. The van der Waals surface area contributed by atoms with Crippen LogP contribution >= 0.6 is 0 Å². The number of para-hydroxylation sites is 1. The van der Waals surface area contributed by atoms with Gasteiger partial charge in [-0.3, -0.25) is 4.79 Å². The van der Waals surface area contributed by atoms with E-state index in [1.54, 1.807) is 19.2 Å². The van der Waals surface area contributed by atoms with E-state index >= 15 is 0 Å². The standard InChI is InChI=1S/C23H31N3O4S/c1-17(19-10-6-7-11-22(19)30-4)24-23(27)20-16-18(31(28,29)25(2)3)12-13-21(20)26-14-8-5-9-15-26/h6-7,10-13,16-17H,5,8-9,14-15H2,1-4H3,(H,24,27). The lowest BCUT2D eigenvalue weighted by Crippen LogP contribution is -2.34. The fraction of sp³-hybridized carbons (Fsp3) is 0.435. The Hall–Kier alpha value is -2.58. The number of piperidine rings is 1. The number of rotatable bonds is 7.